The number of amides is 1. The van der Waals surface area contributed by atoms with Gasteiger partial charge in [0.2, 0.25) is 0 Å². The number of carbonyl (C=O) groups is 2. The van der Waals surface area contributed by atoms with Gasteiger partial charge < -0.3 is 9.84 Å². The van der Waals surface area contributed by atoms with E-state index in [1.807, 2.05) is 54.6 Å². The number of carboxylic acids is 1. The highest BCUT2D eigenvalue weighted by Gasteiger charge is 2.33. The third-order valence-corrected chi connectivity index (χ3v) is 5.84. The topological polar surface area (TPSA) is 66.8 Å². The predicted octanol–water partition coefficient (Wildman–Crippen LogP) is 4.95. The van der Waals surface area contributed by atoms with Gasteiger partial charge in [-0.2, -0.15) is 0 Å². The van der Waals surface area contributed by atoms with E-state index >= 15 is 0 Å². The summed E-state index contributed by atoms with van der Waals surface area (Å²) in [5.74, 6) is -1.10. The Hall–Kier alpha value is -3.60. The fourth-order valence-electron chi connectivity index (χ4n) is 4.32. The Labute approximate surface area is 181 Å². The third-order valence-electron chi connectivity index (χ3n) is 5.84. The van der Waals surface area contributed by atoms with Crippen LogP contribution in [0.5, 0.6) is 0 Å². The monoisotopic (exact) mass is 415 g/mol. The molecule has 4 rings (SSSR count). The summed E-state index contributed by atoms with van der Waals surface area (Å²) in [6, 6.07) is 24.6. The number of hydrogen-bond acceptors (Lipinski definition) is 3. The van der Waals surface area contributed by atoms with Gasteiger partial charge >= 0.3 is 12.1 Å². The van der Waals surface area contributed by atoms with Crippen molar-refractivity contribution in [2.24, 2.45) is 0 Å². The van der Waals surface area contributed by atoms with Gasteiger partial charge in [-0.3, -0.25) is 4.90 Å². The molecule has 0 heterocycles. The first-order chi connectivity index (χ1) is 15.1. The molecule has 0 spiro atoms. The zero-order valence-electron chi connectivity index (χ0n) is 17.4. The minimum Gasteiger partial charge on any atom is -0.480 e. The van der Waals surface area contributed by atoms with Crippen molar-refractivity contribution in [3.05, 3.63) is 95.6 Å². The highest BCUT2D eigenvalue weighted by Crippen LogP contribution is 2.44. The van der Waals surface area contributed by atoms with Crippen LogP contribution < -0.4 is 0 Å². The van der Waals surface area contributed by atoms with Crippen molar-refractivity contribution in [1.82, 2.24) is 4.90 Å². The number of carboxylic acid groups (broad SMARTS) is 1. The smallest absolute Gasteiger partial charge is 0.410 e. The van der Waals surface area contributed by atoms with E-state index in [2.05, 4.69) is 24.3 Å². The fraction of sp³-hybridized carbons (Fsp3) is 0.231. The third kappa shape index (κ3) is 4.17. The fourth-order valence-corrected chi connectivity index (χ4v) is 4.32. The Balaban J connectivity index is 1.51. The number of rotatable bonds is 7. The van der Waals surface area contributed by atoms with Crippen LogP contribution in [0.3, 0.4) is 0 Å². The van der Waals surface area contributed by atoms with Crippen LogP contribution in [0.15, 0.2) is 78.9 Å². The van der Waals surface area contributed by atoms with Crippen molar-refractivity contribution in [3.63, 3.8) is 0 Å². The number of fused-ring (bicyclic) bond motifs is 3. The van der Waals surface area contributed by atoms with Gasteiger partial charge in [0.25, 0.3) is 0 Å². The van der Waals surface area contributed by atoms with E-state index in [9.17, 15) is 14.7 Å². The van der Waals surface area contributed by atoms with Crippen molar-refractivity contribution >= 4 is 12.1 Å². The molecule has 0 saturated heterocycles. The molecule has 0 saturated carbocycles. The van der Waals surface area contributed by atoms with E-state index in [4.69, 9.17) is 4.74 Å². The molecule has 1 N–H and O–H groups in total. The average molecular weight is 415 g/mol. The predicted molar refractivity (Wildman–Crippen MR) is 119 cm³/mol. The first-order valence-corrected chi connectivity index (χ1v) is 10.5. The van der Waals surface area contributed by atoms with E-state index < -0.39 is 18.1 Å². The quantitative estimate of drug-likeness (QED) is 0.593. The average Bonchev–Trinajstić information content (AvgIpc) is 3.12. The van der Waals surface area contributed by atoms with Crippen LogP contribution in [0.25, 0.3) is 11.1 Å². The minimum absolute atomic E-state index is 0.0625. The van der Waals surface area contributed by atoms with E-state index in [1.54, 1.807) is 6.92 Å². The number of aliphatic carboxylic acids is 1. The minimum atomic E-state index is -1.04. The van der Waals surface area contributed by atoms with Gasteiger partial charge in [0.1, 0.15) is 12.6 Å². The lowest BCUT2D eigenvalue weighted by Crippen LogP contribution is -2.46. The maximum atomic E-state index is 12.9. The summed E-state index contributed by atoms with van der Waals surface area (Å²) in [4.78, 5) is 26.2. The Morgan fingerprint density at radius 1 is 0.903 bits per heavy atom. The highest BCUT2D eigenvalue weighted by atomic mass is 16.6. The Morgan fingerprint density at radius 2 is 1.45 bits per heavy atom. The van der Waals surface area contributed by atoms with E-state index in [0.29, 0.717) is 0 Å². The summed E-state index contributed by atoms with van der Waals surface area (Å²) < 4.78 is 5.69. The molecule has 0 bridgehead atoms. The van der Waals surface area contributed by atoms with E-state index in [1.165, 1.54) is 4.90 Å². The van der Waals surface area contributed by atoms with Crippen molar-refractivity contribution in [2.45, 2.75) is 25.3 Å². The first kappa shape index (κ1) is 20.7. The zero-order chi connectivity index (χ0) is 21.8. The molecule has 5 heteroatoms. The molecule has 158 valence electrons. The van der Waals surface area contributed by atoms with E-state index in [0.717, 1.165) is 27.8 Å². The van der Waals surface area contributed by atoms with Gasteiger partial charge in [0, 0.05) is 18.9 Å². The van der Waals surface area contributed by atoms with Gasteiger partial charge in [0.15, 0.2) is 0 Å². The number of hydrogen-bond donors (Lipinski definition) is 1. The van der Waals surface area contributed by atoms with E-state index in [-0.39, 0.29) is 25.5 Å². The molecule has 1 unspecified atom stereocenters. The van der Waals surface area contributed by atoms with Gasteiger partial charge in [-0.15, -0.1) is 0 Å². The second kappa shape index (κ2) is 9.04. The van der Waals surface area contributed by atoms with Crippen LogP contribution in [-0.4, -0.2) is 41.3 Å². The molecular formula is C26H25NO4. The highest BCUT2D eigenvalue weighted by molar-refractivity contribution is 5.81. The van der Waals surface area contributed by atoms with Gasteiger partial charge in [-0.1, -0.05) is 78.9 Å². The van der Waals surface area contributed by atoms with Gasteiger partial charge in [0.05, 0.1) is 0 Å². The Morgan fingerprint density at radius 3 is 2.00 bits per heavy atom. The number of carbonyl (C=O) groups excluding carboxylic acids is 1. The maximum absolute atomic E-state index is 12.9. The van der Waals surface area contributed by atoms with Crippen molar-refractivity contribution in [1.29, 1.82) is 0 Å². The van der Waals surface area contributed by atoms with Crippen molar-refractivity contribution < 1.29 is 19.4 Å². The Bertz CT molecular complexity index is 1030. The summed E-state index contributed by atoms with van der Waals surface area (Å²) in [7, 11) is 0. The van der Waals surface area contributed by atoms with Crippen LogP contribution in [0, 0.1) is 0 Å². The zero-order valence-corrected chi connectivity index (χ0v) is 17.4. The molecule has 1 atom stereocenters. The molecule has 0 radical (unpaired) electrons. The molecular weight excluding hydrogens is 390 g/mol. The van der Waals surface area contributed by atoms with Crippen LogP contribution in [-0.2, 0) is 16.0 Å². The standard InChI is InChI=1S/C26H25NO4/c1-2-27(24(25(28)29)16-18-10-4-3-5-11-18)26(30)31-17-23-21-14-8-6-12-19(21)20-13-7-9-15-22(20)23/h3-15,23-24H,2,16-17H2,1H3,(H,28,29). The molecule has 0 fully saturated rings. The van der Waals surface area contributed by atoms with Gasteiger partial charge in [-0.25, -0.2) is 9.59 Å². The molecule has 1 aliphatic carbocycles. The summed E-state index contributed by atoms with van der Waals surface area (Å²) in [6.45, 7) is 2.18. The molecule has 31 heavy (non-hydrogen) atoms. The van der Waals surface area contributed by atoms with Crippen LogP contribution >= 0.6 is 0 Å². The summed E-state index contributed by atoms with van der Waals surface area (Å²) in [5, 5.41) is 9.78. The number of ether oxygens (including phenoxy) is 1. The molecule has 3 aromatic carbocycles. The lowest BCUT2D eigenvalue weighted by Gasteiger charge is -2.28. The molecule has 1 amide bonds. The van der Waals surface area contributed by atoms with Gasteiger partial charge in [-0.05, 0) is 34.7 Å². The number of benzene rings is 3. The summed E-state index contributed by atoms with van der Waals surface area (Å²) in [5.41, 5.74) is 5.41. The molecule has 0 aliphatic heterocycles. The lowest BCUT2D eigenvalue weighted by molar-refractivity contribution is -0.142. The summed E-state index contributed by atoms with van der Waals surface area (Å²) in [6.07, 6.45) is -0.374. The molecule has 5 nitrogen and oxygen atoms in total. The van der Waals surface area contributed by atoms with Crippen LogP contribution in [0.1, 0.15) is 29.5 Å². The SMILES string of the molecule is CCN(C(=O)OCC1c2ccccc2-c2ccccc21)C(Cc1ccccc1)C(=O)O. The second-order valence-electron chi connectivity index (χ2n) is 7.63. The van der Waals surface area contributed by atoms with Crippen molar-refractivity contribution in [3.8, 4) is 11.1 Å². The largest absolute Gasteiger partial charge is 0.480 e. The normalized spacial score (nSPS) is 13.2. The van der Waals surface area contributed by atoms with Crippen LogP contribution in [0.2, 0.25) is 0 Å². The molecule has 0 aromatic heterocycles. The second-order valence-corrected chi connectivity index (χ2v) is 7.63. The molecule has 3 aromatic rings. The number of likely N-dealkylation sites (N-methyl/N-ethyl adjacent to an activating group) is 1. The molecule has 1 aliphatic rings. The summed E-state index contributed by atoms with van der Waals surface area (Å²) >= 11 is 0. The van der Waals surface area contributed by atoms with Crippen LogP contribution in [0.4, 0.5) is 4.79 Å². The maximum Gasteiger partial charge on any atom is 0.410 e. The Kier molecular flexibility index (Phi) is 6.03. The lowest BCUT2D eigenvalue weighted by atomic mass is 9.98. The number of nitrogens with zero attached hydrogens (tertiary/aromatic N) is 1. The first-order valence-electron chi connectivity index (χ1n) is 10.5. The van der Waals surface area contributed by atoms with Crippen molar-refractivity contribution in [2.75, 3.05) is 13.2 Å².